The number of hydrogen-bond acceptors (Lipinski definition) is 4. The van der Waals surface area contributed by atoms with Gasteiger partial charge in [0, 0.05) is 12.4 Å². The molecule has 7 nitrogen and oxygen atoms in total. The number of benzene rings is 1. The van der Waals surface area contributed by atoms with Gasteiger partial charge in [-0.15, -0.1) is 0 Å². The molecule has 1 aromatic carbocycles. The van der Waals surface area contributed by atoms with Gasteiger partial charge in [0.1, 0.15) is 6.04 Å². The molecule has 1 amide bonds. The van der Waals surface area contributed by atoms with Crippen LogP contribution >= 0.6 is 0 Å². The zero-order valence-electron chi connectivity index (χ0n) is 10.3. The first-order chi connectivity index (χ1) is 9.43. The zero-order chi connectivity index (χ0) is 14.8. The lowest BCUT2D eigenvalue weighted by Gasteiger charge is -2.30. The number of carbonyl (C=O) groups excluding carboxylic acids is 1. The Bertz CT molecular complexity index is 654. The molecule has 1 atom stereocenters. The number of carboxylic acid groups (broad SMARTS) is 1. The number of nitrogens with zero attached hydrogens (tertiary/aromatic N) is 1. The fourth-order valence-corrected chi connectivity index (χ4v) is 3.29. The van der Waals surface area contributed by atoms with Gasteiger partial charge in [-0.3, -0.25) is 13.9 Å². The monoisotopic (exact) mass is 296 g/mol. The summed E-state index contributed by atoms with van der Waals surface area (Å²) >= 11 is 0. The van der Waals surface area contributed by atoms with Crippen molar-refractivity contribution in [3.8, 4) is 0 Å². The van der Waals surface area contributed by atoms with Crippen LogP contribution in [0.25, 0.3) is 0 Å². The Hall–Kier alpha value is -2.35. The van der Waals surface area contributed by atoms with Crippen molar-refractivity contribution in [3.05, 3.63) is 42.7 Å². The molecule has 1 heterocycles. The smallest absolute Gasteiger partial charge is 0.306 e. The summed E-state index contributed by atoms with van der Waals surface area (Å²) in [6.07, 6.45) is 1.71. The zero-order valence-corrected chi connectivity index (χ0v) is 11.1. The molecule has 1 unspecified atom stereocenters. The van der Waals surface area contributed by atoms with Gasteiger partial charge in [0.25, 0.3) is 10.0 Å². The van der Waals surface area contributed by atoms with Crippen molar-refractivity contribution in [2.45, 2.75) is 17.4 Å². The number of hydrogen-bond donors (Lipinski definition) is 2. The molecule has 20 heavy (non-hydrogen) atoms. The maximum atomic E-state index is 12.4. The first-order valence-corrected chi connectivity index (χ1v) is 7.14. The number of nitrogens with one attached hydrogen (secondary N) is 1. The van der Waals surface area contributed by atoms with Crippen LogP contribution < -0.4 is 5.32 Å². The average molecular weight is 296 g/mol. The van der Waals surface area contributed by atoms with E-state index in [1.807, 2.05) is 0 Å². The molecule has 0 radical (unpaired) electrons. The van der Waals surface area contributed by atoms with E-state index in [9.17, 15) is 18.0 Å². The summed E-state index contributed by atoms with van der Waals surface area (Å²) in [6.45, 7) is 0. The molecular weight excluding hydrogens is 284 g/mol. The largest absolute Gasteiger partial charge is 0.481 e. The maximum absolute atomic E-state index is 12.4. The van der Waals surface area contributed by atoms with Crippen molar-refractivity contribution in [1.82, 2.24) is 9.62 Å². The van der Waals surface area contributed by atoms with Gasteiger partial charge in [0.2, 0.25) is 5.91 Å². The Kier molecular flexibility index (Phi) is 3.75. The fraction of sp³-hybridized carbons (Fsp3) is 0.167. The number of amides is 1. The van der Waals surface area contributed by atoms with Gasteiger partial charge in [-0.25, -0.2) is 8.42 Å². The molecule has 0 spiro atoms. The lowest BCUT2D eigenvalue weighted by molar-refractivity contribution is -0.140. The van der Waals surface area contributed by atoms with Crippen molar-refractivity contribution in [2.75, 3.05) is 0 Å². The van der Waals surface area contributed by atoms with E-state index in [0.717, 1.165) is 10.5 Å². The van der Waals surface area contributed by atoms with Crippen molar-refractivity contribution < 1.29 is 23.1 Å². The van der Waals surface area contributed by atoms with Crippen molar-refractivity contribution >= 4 is 21.9 Å². The molecule has 2 rings (SSSR count). The molecule has 1 aliphatic heterocycles. The standard InChI is InChI=1S/C12H12N2O5S/c15-11(16)8-10-12(17)13-6-7-14(10)20(18,19)9-4-2-1-3-5-9/h1-7,10H,8H2,(H,13,17)(H,15,16). The summed E-state index contributed by atoms with van der Waals surface area (Å²) in [5.74, 6) is -1.93. The highest BCUT2D eigenvalue weighted by Crippen LogP contribution is 2.21. The van der Waals surface area contributed by atoms with Gasteiger partial charge < -0.3 is 10.4 Å². The molecular formula is C12H12N2O5S. The van der Waals surface area contributed by atoms with E-state index in [-0.39, 0.29) is 4.90 Å². The summed E-state index contributed by atoms with van der Waals surface area (Å²) in [5, 5.41) is 11.1. The third-order valence-electron chi connectivity index (χ3n) is 2.74. The van der Waals surface area contributed by atoms with Gasteiger partial charge in [0.05, 0.1) is 11.3 Å². The van der Waals surface area contributed by atoms with E-state index in [1.54, 1.807) is 18.2 Å². The Labute approximate surface area is 115 Å². The number of carbonyl (C=O) groups is 2. The molecule has 8 heteroatoms. The Balaban J connectivity index is 2.43. The van der Waals surface area contributed by atoms with Crippen LogP contribution in [0.4, 0.5) is 0 Å². The summed E-state index contributed by atoms with van der Waals surface area (Å²) in [7, 11) is -3.97. The molecule has 0 bridgehead atoms. The van der Waals surface area contributed by atoms with Gasteiger partial charge in [-0.1, -0.05) is 18.2 Å². The first kappa shape index (κ1) is 14.1. The molecule has 0 saturated carbocycles. The van der Waals surface area contributed by atoms with Crippen molar-refractivity contribution in [1.29, 1.82) is 0 Å². The van der Waals surface area contributed by atoms with Crippen LogP contribution in [0.1, 0.15) is 6.42 Å². The van der Waals surface area contributed by atoms with Crippen LogP contribution in [0, 0.1) is 0 Å². The minimum absolute atomic E-state index is 0.00487. The molecule has 1 aliphatic rings. The minimum atomic E-state index is -3.97. The van der Waals surface area contributed by atoms with Gasteiger partial charge in [0.15, 0.2) is 0 Å². The van der Waals surface area contributed by atoms with E-state index in [2.05, 4.69) is 5.32 Å². The van der Waals surface area contributed by atoms with Crippen LogP contribution in [0.2, 0.25) is 0 Å². The lowest BCUT2D eigenvalue weighted by Crippen LogP contribution is -2.49. The number of sulfonamides is 1. The number of rotatable bonds is 4. The van der Waals surface area contributed by atoms with Crippen LogP contribution in [0.5, 0.6) is 0 Å². The third-order valence-corrected chi connectivity index (χ3v) is 4.54. The van der Waals surface area contributed by atoms with Gasteiger partial charge in [-0.2, -0.15) is 0 Å². The predicted octanol–water partition coefficient (Wildman–Crippen LogP) is 0.122. The Morgan fingerprint density at radius 3 is 2.55 bits per heavy atom. The first-order valence-electron chi connectivity index (χ1n) is 5.70. The number of aliphatic carboxylic acids is 1. The second-order valence-electron chi connectivity index (χ2n) is 4.09. The van der Waals surface area contributed by atoms with Crippen LogP contribution in [-0.4, -0.2) is 35.7 Å². The fourth-order valence-electron chi connectivity index (χ4n) is 1.82. The molecule has 0 fully saturated rings. The van der Waals surface area contributed by atoms with E-state index >= 15 is 0 Å². The molecule has 0 aliphatic carbocycles. The minimum Gasteiger partial charge on any atom is -0.481 e. The second-order valence-corrected chi connectivity index (χ2v) is 5.93. The summed E-state index contributed by atoms with van der Waals surface area (Å²) in [4.78, 5) is 22.5. The van der Waals surface area contributed by atoms with E-state index in [4.69, 9.17) is 5.11 Å². The highest BCUT2D eigenvalue weighted by atomic mass is 32.2. The quantitative estimate of drug-likeness (QED) is 0.821. The number of carboxylic acids is 1. The van der Waals surface area contributed by atoms with Gasteiger partial charge in [-0.05, 0) is 12.1 Å². The molecule has 2 N–H and O–H groups in total. The molecule has 1 aromatic rings. The molecule has 0 aromatic heterocycles. The van der Waals surface area contributed by atoms with Crippen molar-refractivity contribution in [3.63, 3.8) is 0 Å². The summed E-state index contributed by atoms with van der Waals surface area (Å²) in [5.41, 5.74) is 0. The predicted molar refractivity (Wildman–Crippen MR) is 68.8 cm³/mol. The van der Waals surface area contributed by atoms with Crippen molar-refractivity contribution in [2.24, 2.45) is 0 Å². The highest BCUT2D eigenvalue weighted by Gasteiger charge is 2.36. The maximum Gasteiger partial charge on any atom is 0.306 e. The van der Waals surface area contributed by atoms with Gasteiger partial charge >= 0.3 is 5.97 Å². The van der Waals surface area contributed by atoms with Crippen LogP contribution in [-0.2, 0) is 19.6 Å². The van der Waals surface area contributed by atoms with E-state index < -0.39 is 34.4 Å². The third kappa shape index (κ3) is 2.64. The molecule has 0 saturated heterocycles. The normalized spacial score (nSPS) is 18.7. The van der Waals surface area contributed by atoms with Crippen LogP contribution in [0.3, 0.4) is 0 Å². The Morgan fingerprint density at radius 1 is 1.30 bits per heavy atom. The summed E-state index contributed by atoms with van der Waals surface area (Å²) < 4.78 is 25.6. The topological polar surface area (TPSA) is 104 Å². The average Bonchev–Trinajstić information content (AvgIpc) is 2.41. The molecule has 106 valence electrons. The Morgan fingerprint density at radius 2 is 1.95 bits per heavy atom. The van der Waals surface area contributed by atoms with E-state index in [0.29, 0.717) is 0 Å². The SMILES string of the molecule is O=C(O)CC1C(=O)NC=CN1S(=O)(=O)c1ccccc1. The van der Waals surface area contributed by atoms with E-state index in [1.165, 1.54) is 18.3 Å². The summed E-state index contributed by atoms with van der Waals surface area (Å²) in [6, 6.07) is 6.22. The second kappa shape index (κ2) is 5.33. The van der Waals surface area contributed by atoms with Crippen LogP contribution in [0.15, 0.2) is 47.6 Å². The highest BCUT2D eigenvalue weighted by molar-refractivity contribution is 7.89. The lowest BCUT2D eigenvalue weighted by atomic mass is 10.2.